The quantitative estimate of drug-likeness (QED) is 0.574. The summed E-state index contributed by atoms with van der Waals surface area (Å²) < 4.78 is 5.14. The monoisotopic (exact) mass is 351 g/mol. The van der Waals surface area contributed by atoms with E-state index in [1.165, 1.54) is 0 Å². The van der Waals surface area contributed by atoms with Crippen LogP contribution >= 0.6 is 0 Å². The summed E-state index contributed by atoms with van der Waals surface area (Å²) in [6.45, 7) is 13.9. The predicted molar refractivity (Wildman–Crippen MR) is 99.6 cm³/mol. The molecule has 0 aliphatic carbocycles. The summed E-state index contributed by atoms with van der Waals surface area (Å²) in [7, 11) is 0. The molecule has 0 atom stereocenters. The summed E-state index contributed by atoms with van der Waals surface area (Å²) in [4.78, 5) is 9.36. The molecule has 0 spiro atoms. The molecule has 0 saturated carbocycles. The number of guanidine groups is 1. The average Bonchev–Trinajstić information content (AvgIpc) is 3.04. The molecule has 1 aliphatic rings. The zero-order chi connectivity index (χ0) is 18.3. The number of hydrogen-bond donors (Lipinski definition) is 2. The fraction of sp³-hybridized carbons (Fsp3) is 0.778. The van der Waals surface area contributed by atoms with E-state index in [9.17, 15) is 5.11 Å². The normalized spacial score (nSPS) is 17.2. The molecule has 2 rings (SSSR count). The van der Waals surface area contributed by atoms with Gasteiger partial charge >= 0.3 is 0 Å². The Balaban J connectivity index is 1.90. The maximum atomic E-state index is 10.5. The van der Waals surface area contributed by atoms with Crippen LogP contribution in [0.5, 0.6) is 0 Å². The van der Waals surface area contributed by atoms with Gasteiger partial charge in [0.25, 0.3) is 0 Å². The number of aryl methyl sites for hydroxylation is 1. The van der Waals surface area contributed by atoms with E-state index in [-0.39, 0.29) is 0 Å². The molecule has 2 N–H and O–H groups in total. The molecule has 1 saturated heterocycles. The molecule has 7 nitrogen and oxygen atoms in total. The number of rotatable bonds is 7. The summed E-state index contributed by atoms with van der Waals surface area (Å²) in [6, 6.07) is 1.99. The summed E-state index contributed by atoms with van der Waals surface area (Å²) in [6.07, 6.45) is 1.44. The van der Waals surface area contributed by atoms with Crippen molar-refractivity contribution in [1.82, 2.24) is 20.3 Å². The SMILES string of the molecule is CCNC(=NCC(O)(CC)CC)N1CCN(Cc2cc(C)on2)CC1. The van der Waals surface area contributed by atoms with Crippen molar-refractivity contribution < 1.29 is 9.63 Å². The Bertz CT molecular complexity index is 545. The highest BCUT2D eigenvalue weighted by Crippen LogP contribution is 2.15. The Morgan fingerprint density at radius 3 is 2.48 bits per heavy atom. The van der Waals surface area contributed by atoms with Crippen LogP contribution in [0.2, 0.25) is 0 Å². The second-order valence-corrected chi connectivity index (χ2v) is 6.79. The van der Waals surface area contributed by atoms with E-state index in [0.29, 0.717) is 6.54 Å². The topological polar surface area (TPSA) is 77.1 Å². The number of aliphatic hydroxyl groups is 1. The number of nitrogens with one attached hydrogen (secondary N) is 1. The molecule has 2 heterocycles. The molecule has 1 aliphatic heterocycles. The third-order valence-corrected chi connectivity index (χ3v) is 4.91. The molecule has 25 heavy (non-hydrogen) atoms. The summed E-state index contributed by atoms with van der Waals surface area (Å²) in [5.74, 6) is 1.76. The lowest BCUT2D eigenvalue weighted by Crippen LogP contribution is -2.52. The van der Waals surface area contributed by atoms with Crippen LogP contribution in [0.3, 0.4) is 0 Å². The molecule has 0 unspecified atom stereocenters. The number of aromatic nitrogens is 1. The summed E-state index contributed by atoms with van der Waals surface area (Å²) >= 11 is 0. The Morgan fingerprint density at radius 1 is 1.28 bits per heavy atom. The van der Waals surface area contributed by atoms with E-state index in [1.807, 2.05) is 26.8 Å². The van der Waals surface area contributed by atoms with E-state index in [1.54, 1.807) is 0 Å². The molecule has 1 aromatic rings. The maximum absolute atomic E-state index is 10.5. The van der Waals surface area contributed by atoms with Gasteiger partial charge in [0.1, 0.15) is 5.76 Å². The molecule has 0 amide bonds. The second-order valence-electron chi connectivity index (χ2n) is 6.79. The van der Waals surface area contributed by atoms with Crippen molar-refractivity contribution in [2.75, 3.05) is 39.3 Å². The second kappa shape index (κ2) is 9.20. The standard InChI is InChI=1S/C18H33N5O2/c1-5-18(24,6-2)14-20-17(19-7-3)23-10-8-22(9-11-23)13-16-12-15(4)25-21-16/h12,24H,5-11,13-14H2,1-4H3,(H,19,20). The molecular formula is C18H33N5O2. The fourth-order valence-corrected chi connectivity index (χ4v) is 2.96. The molecule has 0 bridgehead atoms. The van der Waals surface area contributed by atoms with Crippen molar-refractivity contribution >= 4 is 5.96 Å². The smallest absolute Gasteiger partial charge is 0.194 e. The summed E-state index contributed by atoms with van der Waals surface area (Å²) in [5.41, 5.74) is 0.287. The first-order chi connectivity index (χ1) is 12.0. The largest absolute Gasteiger partial charge is 0.388 e. The van der Waals surface area contributed by atoms with Gasteiger partial charge in [-0.15, -0.1) is 0 Å². The van der Waals surface area contributed by atoms with E-state index >= 15 is 0 Å². The molecule has 1 aromatic heterocycles. The van der Waals surface area contributed by atoms with E-state index < -0.39 is 5.60 Å². The first-order valence-corrected chi connectivity index (χ1v) is 9.39. The van der Waals surface area contributed by atoms with E-state index in [2.05, 4.69) is 27.2 Å². The van der Waals surface area contributed by atoms with Crippen LogP contribution in [0.1, 0.15) is 45.1 Å². The number of aliphatic imine (C=N–C) groups is 1. The van der Waals surface area contributed by atoms with Gasteiger partial charge in [0.05, 0.1) is 17.8 Å². The van der Waals surface area contributed by atoms with Crippen molar-refractivity contribution in [3.8, 4) is 0 Å². The zero-order valence-corrected chi connectivity index (χ0v) is 16.1. The lowest BCUT2D eigenvalue weighted by Gasteiger charge is -2.36. The first kappa shape index (κ1) is 19.7. The highest BCUT2D eigenvalue weighted by atomic mass is 16.5. The van der Waals surface area contributed by atoms with Crippen molar-refractivity contribution in [3.63, 3.8) is 0 Å². The van der Waals surface area contributed by atoms with Crippen molar-refractivity contribution in [3.05, 3.63) is 17.5 Å². The Kier molecular flexibility index (Phi) is 7.25. The van der Waals surface area contributed by atoms with Gasteiger partial charge in [0.15, 0.2) is 5.96 Å². The molecule has 142 valence electrons. The Hall–Kier alpha value is -1.60. The molecule has 7 heteroatoms. The highest BCUT2D eigenvalue weighted by molar-refractivity contribution is 5.80. The predicted octanol–water partition coefficient (Wildman–Crippen LogP) is 1.62. The average molecular weight is 351 g/mol. The molecule has 0 radical (unpaired) electrons. The highest BCUT2D eigenvalue weighted by Gasteiger charge is 2.24. The minimum Gasteiger partial charge on any atom is -0.388 e. The Morgan fingerprint density at radius 2 is 1.96 bits per heavy atom. The maximum Gasteiger partial charge on any atom is 0.194 e. The number of nitrogens with zero attached hydrogens (tertiary/aromatic N) is 4. The van der Waals surface area contributed by atoms with Crippen LogP contribution in [0.25, 0.3) is 0 Å². The molecule has 0 aromatic carbocycles. The fourth-order valence-electron chi connectivity index (χ4n) is 2.96. The third kappa shape index (κ3) is 5.71. The first-order valence-electron chi connectivity index (χ1n) is 9.39. The number of piperazine rings is 1. The zero-order valence-electron chi connectivity index (χ0n) is 16.1. The van der Waals surface area contributed by atoms with Gasteiger partial charge in [-0.1, -0.05) is 19.0 Å². The van der Waals surface area contributed by atoms with Crippen LogP contribution < -0.4 is 5.32 Å². The van der Waals surface area contributed by atoms with Crippen molar-refractivity contribution in [2.45, 2.75) is 52.7 Å². The van der Waals surface area contributed by atoms with Gasteiger partial charge < -0.3 is 19.8 Å². The van der Waals surface area contributed by atoms with Gasteiger partial charge in [-0.2, -0.15) is 0 Å². The van der Waals surface area contributed by atoms with Crippen LogP contribution in [0.4, 0.5) is 0 Å². The van der Waals surface area contributed by atoms with Gasteiger partial charge in [-0.25, -0.2) is 0 Å². The Labute approximate surface area is 151 Å². The van der Waals surface area contributed by atoms with Crippen molar-refractivity contribution in [2.24, 2.45) is 4.99 Å². The minimum absolute atomic E-state index is 0.445. The summed E-state index contributed by atoms with van der Waals surface area (Å²) in [5, 5.41) is 17.9. The van der Waals surface area contributed by atoms with E-state index in [4.69, 9.17) is 9.52 Å². The van der Waals surface area contributed by atoms with Gasteiger partial charge in [-0.3, -0.25) is 9.89 Å². The van der Waals surface area contributed by atoms with Crippen LogP contribution in [-0.2, 0) is 6.54 Å². The third-order valence-electron chi connectivity index (χ3n) is 4.91. The van der Waals surface area contributed by atoms with Gasteiger partial charge in [0.2, 0.25) is 0 Å². The number of hydrogen-bond acceptors (Lipinski definition) is 5. The van der Waals surface area contributed by atoms with Crippen LogP contribution in [-0.4, -0.2) is 70.9 Å². The van der Waals surface area contributed by atoms with Crippen molar-refractivity contribution in [1.29, 1.82) is 0 Å². The van der Waals surface area contributed by atoms with E-state index in [0.717, 1.165) is 69.5 Å². The lowest BCUT2D eigenvalue weighted by atomic mass is 9.98. The minimum atomic E-state index is -0.701. The molecular weight excluding hydrogens is 318 g/mol. The van der Waals surface area contributed by atoms with Crippen LogP contribution in [0.15, 0.2) is 15.6 Å². The van der Waals surface area contributed by atoms with Crippen LogP contribution in [0, 0.1) is 6.92 Å². The van der Waals surface area contributed by atoms with Gasteiger partial charge in [0, 0.05) is 45.3 Å². The lowest BCUT2D eigenvalue weighted by molar-refractivity contribution is 0.0414. The van der Waals surface area contributed by atoms with Gasteiger partial charge in [-0.05, 0) is 26.7 Å². The molecule has 1 fully saturated rings.